The number of nitrogens with one attached hydrogen (secondary N) is 1. The molecule has 0 bridgehead atoms. The Hall–Kier alpha value is -1.00. The molecular formula is C11H18N4. The molecule has 1 fully saturated rings. The van der Waals surface area contributed by atoms with E-state index in [0.29, 0.717) is 5.92 Å². The molecule has 0 radical (unpaired) electrons. The van der Waals surface area contributed by atoms with E-state index in [1.54, 1.807) is 12.5 Å². The Kier molecular flexibility index (Phi) is 3.64. The van der Waals surface area contributed by atoms with Crippen molar-refractivity contribution in [1.29, 1.82) is 0 Å². The molecule has 3 N–H and O–H groups in total. The summed E-state index contributed by atoms with van der Waals surface area (Å²) < 4.78 is 0. The maximum absolute atomic E-state index is 5.63. The third kappa shape index (κ3) is 2.52. The molecule has 4 heteroatoms. The molecule has 1 aliphatic rings. The van der Waals surface area contributed by atoms with E-state index in [2.05, 4.69) is 15.4 Å². The van der Waals surface area contributed by atoms with E-state index in [1.165, 1.54) is 32.1 Å². The van der Waals surface area contributed by atoms with E-state index in [-0.39, 0.29) is 6.04 Å². The minimum absolute atomic E-state index is 0.188. The predicted molar refractivity (Wildman–Crippen MR) is 58.7 cm³/mol. The van der Waals surface area contributed by atoms with Gasteiger partial charge in [0.25, 0.3) is 0 Å². The third-order valence-electron chi connectivity index (χ3n) is 3.22. The lowest BCUT2D eigenvalue weighted by Gasteiger charge is -2.29. The van der Waals surface area contributed by atoms with Gasteiger partial charge in [-0.25, -0.2) is 9.97 Å². The first-order valence-electron chi connectivity index (χ1n) is 5.64. The number of hydrazine groups is 1. The molecule has 1 unspecified atom stereocenters. The van der Waals surface area contributed by atoms with E-state index in [1.807, 2.05) is 6.07 Å². The van der Waals surface area contributed by atoms with Crippen LogP contribution in [0.15, 0.2) is 18.6 Å². The van der Waals surface area contributed by atoms with Crippen molar-refractivity contribution in [2.24, 2.45) is 11.8 Å². The molecule has 2 rings (SSSR count). The second-order valence-corrected chi connectivity index (χ2v) is 4.18. The highest BCUT2D eigenvalue weighted by Crippen LogP contribution is 2.32. The summed E-state index contributed by atoms with van der Waals surface area (Å²) in [5.74, 6) is 6.25. The zero-order valence-corrected chi connectivity index (χ0v) is 8.89. The Bertz CT molecular complexity index is 282. The molecule has 1 atom stereocenters. The van der Waals surface area contributed by atoms with Gasteiger partial charge in [0, 0.05) is 6.20 Å². The van der Waals surface area contributed by atoms with Gasteiger partial charge in [-0.3, -0.25) is 11.3 Å². The van der Waals surface area contributed by atoms with Crippen molar-refractivity contribution in [3.8, 4) is 0 Å². The van der Waals surface area contributed by atoms with Crippen LogP contribution in [0.5, 0.6) is 0 Å². The fraction of sp³-hybridized carbons (Fsp3) is 0.636. The molecule has 1 aliphatic carbocycles. The summed E-state index contributed by atoms with van der Waals surface area (Å²) >= 11 is 0. The quantitative estimate of drug-likeness (QED) is 0.582. The average Bonchev–Trinajstić information content (AvgIpc) is 2.33. The molecule has 4 nitrogen and oxygen atoms in total. The van der Waals surface area contributed by atoms with E-state index >= 15 is 0 Å². The minimum Gasteiger partial charge on any atom is -0.271 e. The molecule has 0 saturated heterocycles. The Morgan fingerprint density at radius 3 is 2.73 bits per heavy atom. The van der Waals surface area contributed by atoms with Crippen LogP contribution in [0.25, 0.3) is 0 Å². The number of hydrogen-bond acceptors (Lipinski definition) is 4. The van der Waals surface area contributed by atoms with Gasteiger partial charge in [-0.2, -0.15) is 0 Å². The largest absolute Gasteiger partial charge is 0.271 e. The van der Waals surface area contributed by atoms with Crippen molar-refractivity contribution in [3.63, 3.8) is 0 Å². The highest BCUT2D eigenvalue weighted by molar-refractivity contribution is 5.06. The third-order valence-corrected chi connectivity index (χ3v) is 3.22. The summed E-state index contributed by atoms with van der Waals surface area (Å²) in [7, 11) is 0. The zero-order chi connectivity index (χ0) is 10.5. The van der Waals surface area contributed by atoms with Gasteiger partial charge in [-0.1, -0.05) is 19.3 Å². The summed E-state index contributed by atoms with van der Waals surface area (Å²) in [5, 5.41) is 0. The van der Waals surface area contributed by atoms with Crippen LogP contribution >= 0.6 is 0 Å². The molecule has 15 heavy (non-hydrogen) atoms. The van der Waals surface area contributed by atoms with Crippen LogP contribution in [0.4, 0.5) is 0 Å². The first-order chi connectivity index (χ1) is 7.42. The zero-order valence-electron chi connectivity index (χ0n) is 8.89. The van der Waals surface area contributed by atoms with Crippen LogP contribution in [0.3, 0.4) is 0 Å². The van der Waals surface area contributed by atoms with Crippen molar-refractivity contribution >= 4 is 0 Å². The predicted octanol–water partition coefficient (Wildman–Crippen LogP) is 1.56. The molecule has 0 amide bonds. The lowest BCUT2D eigenvalue weighted by Crippen LogP contribution is -2.35. The van der Waals surface area contributed by atoms with Crippen LogP contribution in [0, 0.1) is 5.92 Å². The first-order valence-corrected chi connectivity index (χ1v) is 5.64. The second-order valence-electron chi connectivity index (χ2n) is 4.18. The van der Waals surface area contributed by atoms with Crippen LogP contribution in [-0.4, -0.2) is 9.97 Å². The van der Waals surface area contributed by atoms with Crippen molar-refractivity contribution < 1.29 is 0 Å². The molecule has 0 spiro atoms. The SMILES string of the molecule is NNC(c1ccncn1)C1CCCCC1. The lowest BCUT2D eigenvalue weighted by molar-refractivity contribution is 0.269. The maximum Gasteiger partial charge on any atom is 0.115 e. The topological polar surface area (TPSA) is 63.8 Å². The lowest BCUT2D eigenvalue weighted by atomic mass is 9.83. The van der Waals surface area contributed by atoms with Gasteiger partial charge in [0.1, 0.15) is 6.33 Å². The molecule has 1 saturated carbocycles. The number of rotatable bonds is 3. The summed E-state index contributed by atoms with van der Waals surface area (Å²) in [6.07, 6.45) is 9.84. The number of hydrogen-bond donors (Lipinski definition) is 2. The van der Waals surface area contributed by atoms with Crippen molar-refractivity contribution in [2.75, 3.05) is 0 Å². The first kappa shape index (κ1) is 10.5. The summed E-state index contributed by atoms with van der Waals surface area (Å²) in [6.45, 7) is 0. The summed E-state index contributed by atoms with van der Waals surface area (Å²) in [6, 6.07) is 2.13. The minimum atomic E-state index is 0.188. The monoisotopic (exact) mass is 206 g/mol. The van der Waals surface area contributed by atoms with Gasteiger partial charge in [-0.15, -0.1) is 0 Å². The Balaban J connectivity index is 2.09. The normalized spacial score (nSPS) is 20.1. The van der Waals surface area contributed by atoms with Gasteiger partial charge < -0.3 is 0 Å². The molecular weight excluding hydrogens is 188 g/mol. The summed E-state index contributed by atoms with van der Waals surface area (Å²) in [5.41, 5.74) is 3.91. The van der Waals surface area contributed by atoms with Gasteiger partial charge >= 0.3 is 0 Å². The Morgan fingerprint density at radius 2 is 2.13 bits per heavy atom. The van der Waals surface area contributed by atoms with Crippen molar-refractivity contribution in [3.05, 3.63) is 24.3 Å². The fourth-order valence-corrected chi connectivity index (χ4v) is 2.42. The Morgan fingerprint density at radius 1 is 1.33 bits per heavy atom. The average molecular weight is 206 g/mol. The van der Waals surface area contributed by atoms with Crippen molar-refractivity contribution in [2.45, 2.75) is 38.1 Å². The van der Waals surface area contributed by atoms with E-state index in [9.17, 15) is 0 Å². The smallest absolute Gasteiger partial charge is 0.115 e. The van der Waals surface area contributed by atoms with Crippen molar-refractivity contribution in [1.82, 2.24) is 15.4 Å². The molecule has 0 aliphatic heterocycles. The molecule has 0 aromatic carbocycles. The van der Waals surface area contributed by atoms with Gasteiger partial charge in [-0.05, 0) is 24.8 Å². The van der Waals surface area contributed by atoms with Crippen LogP contribution in [-0.2, 0) is 0 Å². The van der Waals surface area contributed by atoms with Gasteiger partial charge in [0.05, 0.1) is 11.7 Å². The Labute approximate surface area is 90.3 Å². The standard InChI is InChI=1S/C11H18N4/c12-15-11(9-4-2-1-3-5-9)10-6-7-13-8-14-10/h6-9,11,15H,1-5,12H2. The molecule has 82 valence electrons. The molecule has 1 heterocycles. The van der Waals surface area contributed by atoms with E-state index in [4.69, 9.17) is 5.84 Å². The van der Waals surface area contributed by atoms with Crippen LogP contribution < -0.4 is 11.3 Å². The maximum atomic E-state index is 5.63. The van der Waals surface area contributed by atoms with Crippen LogP contribution in [0.1, 0.15) is 43.8 Å². The number of nitrogens with two attached hydrogens (primary N) is 1. The van der Waals surface area contributed by atoms with Gasteiger partial charge in [0.2, 0.25) is 0 Å². The fourth-order valence-electron chi connectivity index (χ4n) is 2.42. The number of aromatic nitrogens is 2. The summed E-state index contributed by atoms with van der Waals surface area (Å²) in [4.78, 5) is 8.20. The second kappa shape index (κ2) is 5.19. The van der Waals surface area contributed by atoms with Gasteiger partial charge in [0.15, 0.2) is 0 Å². The highest BCUT2D eigenvalue weighted by Gasteiger charge is 2.24. The highest BCUT2D eigenvalue weighted by atomic mass is 15.2. The van der Waals surface area contributed by atoms with Crippen LogP contribution in [0.2, 0.25) is 0 Å². The van der Waals surface area contributed by atoms with E-state index < -0.39 is 0 Å². The number of nitrogens with zero attached hydrogens (tertiary/aromatic N) is 2. The molecule has 1 aromatic rings. The van der Waals surface area contributed by atoms with E-state index in [0.717, 1.165) is 5.69 Å². The molecule has 1 aromatic heterocycles.